The molecule has 5 heterocycles. The maximum absolute atomic E-state index is 13.4. The van der Waals surface area contributed by atoms with Crippen LogP contribution in [0.4, 0.5) is 14.5 Å². The minimum absolute atomic E-state index is 0.119. The number of amides is 1. The van der Waals surface area contributed by atoms with Gasteiger partial charge in [-0.3, -0.25) is 19.1 Å². The van der Waals surface area contributed by atoms with E-state index in [9.17, 15) is 13.6 Å². The standard InChI is InChI=1S/C29H31F2N9O3/c1-18(2)38-15-29(3,16-38)17-39-13-20(11-33-39)42-19-6-7-24(43-28(30)31)21(10-19)25-23(14-37(4)36-25)35-27(41)22-12-34-40-9-5-8-32-26(22)40/h5-14,18,28H,15-17H2,1-4H3,(H,35,41). The van der Waals surface area contributed by atoms with E-state index in [1.165, 1.54) is 33.6 Å². The van der Waals surface area contributed by atoms with Crippen LogP contribution in [0.5, 0.6) is 17.2 Å². The number of aryl methyl sites for hydroxylation is 1. The van der Waals surface area contributed by atoms with Crippen molar-refractivity contribution in [1.82, 2.24) is 39.1 Å². The maximum atomic E-state index is 13.4. The second kappa shape index (κ2) is 11.1. The number of ether oxygens (including phenoxy) is 2. The number of aromatic nitrogens is 7. The van der Waals surface area contributed by atoms with Gasteiger partial charge in [-0.1, -0.05) is 6.92 Å². The number of hydrogen-bond acceptors (Lipinski definition) is 8. The lowest BCUT2D eigenvalue weighted by molar-refractivity contribution is -0.0494. The number of nitrogens with one attached hydrogen (secondary N) is 1. The van der Waals surface area contributed by atoms with Gasteiger partial charge in [-0.25, -0.2) is 9.50 Å². The van der Waals surface area contributed by atoms with Gasteiger partial charge in [0.25, 0.3) is 5.91 Å². The topological polar surface area (TPSA) is 117 Å². The number of anilines is 1. The summed E-state index contributed by atoms with van der Waals surface area (Å²) in [5.74, 6) is 0.229. The molecule has 1 saturated heterocycles. The number of alkyl halides is 2. The van der Waals surface area contributed by atoms with E-state index in [-0.39, 0.29) is 33.7 Å². The van der Waals surface area contributed by atoms with Crippen molar-refractivity contribution in [3.05, 3.63) is 67.0 Å². The Hall–Kier alpha value is -4.85. The molecule has 1 aromatic carbocycles. The van der Waals surface area contributed by atoms with Crippen molar-refractivity contribution in [3.63, 3.8) is 0 Å². The van der Waals surface area contributed by atoms with Crippen molar-refractivity contribution in [2.24, 2.45) is 12.5 Å². The first kappa shape index (κ1) is 28.3. The van der Waals surface area contributed by atoms with Crippen LogP contribution in [0.15, 0.2) is 61.4 Å². The second-order valence-corrected chi connectivity index (χ2v) is 11.3. The van der Waals surface area contributed by atoms with Crippen LogP contribution in [0.25, 0.3) is 16.9 Å². The lowest BCUT2D eigenvalue weighted by Gasteiger charge is -2.50. The Morgan fingerprint density at radius 2 is 1.95 bits per heavy atom. The summed E-state index contributed by atoms with van der Waals surface area (Å²) < 4.78 is 42.4. The molecular formula is C29H31F2N9O3. The lowest BCUT2D eigenvalue weighted by Crippen LogP contribution is -2.58. The van der Waals surface area contributed by atoms with Gasteiger partial charge in [0.1, 0.15) is 22.8 Å². The molecule has 1 N–H and O–H groups in total. The van der Waals surface area contributed by atoms with Gasteiger partial charge >= 0.3 is 6.61 Å². The van der Waals surface area contributed by atoms with Crippen LogP contribution in [0.2, 0.25) is 0 Å². The molecule has 6 rings (SSSR count). The molecule has 0 unspecified atom stereocenters. The highest BCUT2D eigenvalue weighted by Crippen LogP contribution is 2.39. The number of halogens is 2. The third kappa shape index (κ3) is 5.91. The summed E-state index contributed by atoms with van der Waals surface area (Å²) in [6.07, 6.45) is 9.62. The van der Waals surface area contributed by atoms with Gasteiger partial charge in [-0.05, 0) is 38.1 Å². The summed E-state index contributed by atoms with van der Waals surface area (Å²) in [7, 11) is 1.65. The van der Waals surface area contributed by atoms with Crippen molar-refractivity contribution in [2.75, 3.05) is 18.4 Å². The van der Waals surface area contributed by atoms with Gasteiger partial charge in [0.15, 0.2) is 11.4 Å². The predicted molar refractivity (Wildman–Crippen MR) is 153 cm³/mol. The first-order chi connectivity index (χ1) is 20.6. The van der Waals surface area contributed by atoms with E-state index in [0.29, 0.717) is 23.2 Å². The molecule has 224 valence electrons. The van der Waals surface area contributed by atoms with E-state index in [1.54, 1.807) is 37.9 Å². The monoisotopic (exact) mass is 591 g/mol. The van der Waals surface area contributed by atoms with E-state index in [1.807, 2.05) is 10.9 Å². The Balaban J connectivity index is 1.25. The summed E-state index contributed by atoms with van der Waals surface area (Å²) in [5.41, 5.74) is 1.41. The van der Waals surface area contributed by atoms with Gasteiger partial charge in [-0.2, -0.15) is 24.1 Å². The quantitative estimate of drug-likeness (QED) is 0.248. The third-order valence-electron chi connectivity index (χ3n) is 7.31. The molecule has 14 heteroatoms. The number of rotatable bonds is 10. The smallest absolute Gasteiger partial charge is 0.387 e. The summed E-state index contributed by atoms with van der Waals surface area (Å²) in [4.78, 5) is 19.8. The molecule has 1 aliphatic heterocycles. The molecule has 1 amide bonds. The Kier molecular flexibility index (Phi) is 7.30. The van der Waals surface area contributed by atoms with E-state index in [0.717, 1.165) is 19.6 Å². The van der Waals surface area contributed by atoms with Crippen molar-refractivity contribution in [2.45, 2.75) is 40.0 Å². The van der Waals surface area contributed by atoms with Crippen molar-refractivity contribution >= 4 is 17.2 Å². The number of carbonyl (C=O) groups excluding carboxylic acids is 1. The zero-order chi connectivity index (χ0) is 30.3. The minimum Gasteiger partial charge on any atom is -0.454 e. The minimum atomic E-state index is -3.07. The zero-order valence-corrected chi connectivity index (χ0v) is 24.1. The van der Waals surface area contributed by atoms with Crippen LogP contribution < -0.4 is 14.8 Å². The summed E-state index contributed by atoms with van der Waals surface area (Å²) in [6.45, 7) is 6.26. The van der Waals surface area contributed by atoms with Crippen LogP contribution in [0.1, 0.15) is 31.1 Å². The number of carbonyl (C=O) groups is 1. The van der Waals surface area contributed by atoms with Crippen LogP contribution >= 0.6 is 0 Å². The van der Waals surface area contributed by atoms with E-state index < -0.39 is 12.5 Å². The second-order valence-electron chi connectivity index (χ2n) is 11.3. The van der Waals surface area contributed by atoms with Gasteiger partial charge in [-0.15, -0.1) is 0 Å². The molecule has 1 fully saturated rings. The Bertz CT molecular complexity index is 1770. The molecule has 0 saturated carbocycles. The molecule has 0 bridgehead atoms. The zero-order valence-electron chi connectivity index (χ0n) is 24.1. The maximum Gasteiger partial charge on any atom is 0.387 e. The van der Waals surface area contributed by atoms with Crippen molar-refractivity contribution in [1.29, 1.82) is 0 Å². The van der Waals surface area contributed by atoms with Gasteiger partial charge in [0, 0.05) is 56.7 Å². The molecule has 0 atom stereocenters. The number of benzene rings is 1. The summed E-state index contributed by atoms with van der Waals surface area (Å²) >= 11 is 0. The van der Waals surface area contributed by atoms with Crippen LogP contribution in [0.3, 0.4) is 0 Å². The van der Waals surface area contributed by atoms with Crippen LogP contribution in [0, 0.1) is 5.41 Å². The third-order valence-corrected chi connectivity index (χ3v) is 7.31. The molecule has 43 heavy (non-hydrogen) atoms. The Morgan fingerprint density at radius 1 is 1.14 bits per heavy atom. The van der Waals surface area contributed by atoms with Crippen LogP contribution in [-0.4, -0.2) is 70.7 Å². The Morgan fingerprint density at radius 3 is 2.72 bits per heavy atom. The van der Waals surface area contributed by atoms with Gasteiger partial charge < -0.3 is 14.8 Å². The average Bonchev–Trinajstić information content (AvgIpc) is 3.66. The van der Waals surface area contributed by atoms with Crippen molar-refractivity contribution in [3.8, 4) is 28.5 Å². The van der Waals surface area contributed by atoms with Crippen LogP contribution in [-0.2, 0) is 13.6 Å². The molecule has 0 radical (unpaired) electrons. The fourth-order valence-electron chi connectivity index (χ4n) is 5.32. The largest absolute Gasteiger partial charge is 0.454 e. The number of nitrogens with zero attached hydrogens (tertiary/aromatic N) is 8. The normalized spacial score (nSPS) is 14.8. The van der Waals surface area contributed by atoms with E-state index in [2.05, 4.69) is 51.3 Å². The highest BCUT2D eigenvalue weighted by Gasteiger charge is 2.40. The molecule has 0 spiro atoms. The molecule has 5 aromatic rings. The van der Waals surface area contributed by atoms with Gasteiger partial charge in [0.05, 0.1) is 29.8 Å². The molecule has 4 aromatic heterocycles. The fraction of sp³-hybridized carbons (Fsp3) is 0.345. The summed E-state index contributed by atoms with van der Waals surface area (Å²) in [6, 6.07) is 6.65. The Labute approximate surface area is 245 Å². The number of likely N-dealkylation sites (tertiary alicyclic amines) is 1. The van der Waals surface area contributed by atoms with Crippen molar-refractivity contribution < 1.29 is 23.0 Å². The predicted octanol–water partition coefficient (Wildman–Crippen LogP) is 4.70. The molecule has 1 aliphatic rings. The van der Waals surface area contributed by atoms with Gasteiger partial charge in [0.2, 0.25) is 0 Å². The highest BCUT2D eigenvalue weighted by atomic mass is 19.3. The highest BCUT2D eigenvalue weighted by molar-refractivity contribution is 6.09. The van der Waals surface area contributed by atoms with E-state index in [4.69, 9.17) is 9.47 Å². The molecule has 0 aliphatic carbocycles. The summed E-state index contributed by atoms with van der Waals surface area (Å²) in [5, 5.41) is 15.8. The lowest BCUT2D eigenvalue weighted by atomic mass is 9.81. The molecular weight excluding hydrogens is 560 g/mol. The number of hydrogen-bond donors (Lipinski definition) is 1. The SMILES string of the molecule is CC(C)N1CC(C)(Cn2cc(Oc3ccc(OC(F)F)c(-c4nn(C)cc4NC(=O)c4cnn5cccnc45)c3)cn2)C1. The fourth-order valence-corrected chi connectivity index (χ4v) is 5.32. The van der Waals surface area contributed by atoms with E-state index >= 15 is 0 Å². The first-order valence-electron chi connectivity index (χ1n) is 13.7. The average molecular weight is 592 g/mol. The first-order valence-corrected chi connectivity index (χ1v) is 13.7. The molecule has 12 nitrogen and oxygen atoms in total. The number of fused-ring (bicyclic) bond motifs is 1.